The van der Waals surface area contributed by atoms with E-state index >= 15 is 0 Å². The maximum Gasteiger partial charge on any atom is 0.331 e. The Bertz CT molecular complexity index is 2280. The van der Waals surface area contributed by atoms with E-state index in [9.17, 15) is 49.8 Å². The molecule has 0 bridgehead atoms. The third-order valence-electron chi connectivity index (χ3n) is 18.6. The third-order valence-corrected chi connectivity index (χ3v) is 18.6. The molecule has 0 saturated carbocycles. The molecule has 5 fully saturated rings. The number of rotatable bonds is 32. The molecule has 5 heterocycles. The standard InChI is InChI=1S/C71H116O22/c1-7-10-13-15-17-18-22-26-34-41-53(74)88-66-59(80)62(91-68-65(90-55(76)44-43-49-36-30-28-31-37-49)58(79)61(46(4)82-68)87-52(73)40-33-25-20-16-14-11-8-2)47(5)83-69(66)92-63-48(6)84-70-67(60(63)81)89-54(75)42-35-27-23-19-21-24-32-39-50(38-29-12-9-3)85-71-64(93-70)57(78)56(77)51(45-72)86-71/h28,30-31,36-37,43-44,46-48,50-51,56-72,77-81H,7-27,29,32-35,38-42,45H2,1-6H3/b44-43+/t46-,47-,48-,50?,51+,56+,57-,58+,59+,60+,61-,62-,63-,64+,65+,66+,67+,68-,69-,70-,71+/m0/s1. The molecule has 5 saturated heterocycles. The highest BCUT2D eigenvalue weighted by Gasteiger charge is 2.57. The largest absolute Gasteiger partial charge is 0.457 e. The topological polar surface area (TPSA) is 300 Å². The molecule has 1 aromatic rings. The van der Waals surface area contributed by atoms with Crippen LogP contribution in [0.15, 0.2) is 36.4 Å². The maximum atomic E-state index is 14.0. The quantitative estimate of drug-likeness (QED) is 0.0169. The van der Waals surface area contributed by atoms with Gasteiger partial charge in [-0.05, 0) is 64.5 Å². The highest BCUT2D eigenvalue weighted by atomic mass is 16.8. The summed E-state index contributed by atoms with van der Waals surface area (Å²) in [6.07, 6.45) is -2.11. The minimum Gasteiger partial charge on any atom is -0.457 e. The molecule has 5 aliphatic heterocycles. The molecule has 5 aliphatic rings. The van der Waals surface area contributed by atoms with Gasteiger partial charge in [0.1, 0.15) is 54.9 Å². The number of aliphatic hydroxyl groups is 6. The Morgan fingerprint density at radius 3 is 1.57 bits per heavy atom. The van der Waals surface area contributed by atoms with Crippen molar-refractivity contribution in [3.63, 3.8) is 0 Å². The van der Waals surface area contributed by atoms with Crippen molar-refractivity contribution in [1.82, 2.24) is 0 Å². The molecule has 6 rings (SSSR count). The molecule has 1 unspecified atom stereocenters. The Kier molecular flexibility index (Phi) is 36.1. The molecule has 21 atom stereocenters. The number of esters is 4. The van der Waals surface area contributed by atoms with Crippen molar-refractivity contribution in [3.8, 4) is 0 Å². The van der Waals surface area contributed by atoms with Crippen LogP contribution in [0.1, 0.15) is 246 Å². The summed E-state index contributed by atoms with van der Waals surface area (Å²) < 4.78 is 75.7. The smallest absolute Gasteiger partial charge is 0.331 e. The van der Waals surface area contributed by atoms with Gasteiger partial charge in [0, 0.05) is 25.3 Å². The zero-order valence-corrected chi connectivity index (χ0v) is 56.5. The summed E-state index contributed by atoms with van der Waals surface area (Å²) in [5.41, 5.74) is 0.686. The number of hydrogen-bond acceptors (Lipinski definition) is 22. The van der Waals surface area contributed by atoms with Crippen LogP contribution < -0.4 is 0 Å². The van der Waals surface area contributed by atoms with Crippen molar-refractivity contribution in [2.75, 3.05) is 6.61 Å². The number of carbonyl (C=O) groups excluding carboxylic acids is 4. The number of unbranched alkanes of at least 4 members (excludes halogenated alkanes) is 16. The molecule has 1 aromatic carbocycles. The van der Waals surface area contributed by atoms with E-state index in [-0.39, 0.29) is 25.4 Å². The molecule has 532 valence electrons. The molecule has 0 spiro atoms. The van der Waals surface area contributed by atoms with Crippen molar-refractivity contribution in [2.45, 2.75) is 370 Å². The molecule has 0 aromatic heterocycles. The molecular formula is C71H116O22. The number of hydrogen-bond donors (Lipinski definition) is 6. The lowest BCUT2D eigenvalue weighted by atomic mass is 9.95. The van der Waals surface area contributed by atoms with Crippen LogP contribution in [0.25, 0.3) is 6.08 Å². The van der Waals surface area contributed by atoms with E-state index < -0.39 is 153 Å². The highest BCUT2D eigenvalue weighted by molar-refractivity contribution is 5.87. The lowest BCUT2D eigenvalue weighted by molar-refractivity contribution is -0.388. The van der Waals surface area contributed by atoms with Crippen molar-refractivity contribution >= 4 is 30.0 Å². The van der Waals surface area contributed by atoms with E-state index in [0.717, 1.165) is 135 Å². The average molecular weight is 1320 g/mol. The lowest BCUT2D eigenvalue weighted by Gasteiger charge is -2.49. The lowest BCUT2D eigenvalue weighted by Crippen LogP contribution is -2.67. The predicted octanol–water partition coefficient (Wildman–Crippen LogP) is 9.81. The van der Waals surface area contributed by atoms with Crippen LogP contribution >= 0.6 is 0 Å². The van der Waals surface area contributed by atoms with Crippen LogP contribution in [0.4, 0.5) is 0 Å². The second kappa shape index (κ2) is 42.8. The van der Waals surface area contributed by atoms with Crippen LogP contribution in [0.3, 0.4) is 0 Å². The van der Waals surface area contributed by atoms with Gasteiger partial charge in [-0.1, -0.05) is 199 Å². The summed E-state index contributed by atoms with van der Waals surface area (Å²) in [4.78, 5) is 54.9. The number of aliphatic hydroxyl groups excluding tert-OH is 6. The minimum atomic E-state index is -1.81. The van der Waals surface area contributed by atoms with Crippen molar-refractivity contribution in [1.29, 1.82) is 0 Å². The monoisotopic (exact) mass is 1320 g/mol. The van der Waals surface area contributed by atoms with Gasteiger partial charge in [-0.2, -0.15) is 0 Å². The van der Waals surface area contributed by atoms with Gasteiger partial charge in [-0.15, -0.1) is 0 Å². The fraction of sp³-hybridized carbons (Fsp3) is 0.831. The van der Waals surface area contributed by atoms with Crippen LogP contribution in [-0.4, -0.2) is 190 Å². The first-order chi connectivity index (χ1) is 45.0. The number of ether oxygens (including phenoxy) is 12. The van der Waals surface area contributed by atoms with Gasteiger partial charge >= 0.3 is 23.9 Å². The maximum absolute atomic E-state index is 14.0. The van der Waals surface area contributed by atoms with Crippen molar-refractivity contribution in [3.05, 3.63) is 42.0 Å². The second-order valence-electron chi connectivity index (χ2n) is 26.3. The summed E-state index contributed by atoms with van der Waals surface area (Å²) in [5.74, 6) is -2.86. The van der Waals surface area contributed by atoms with E-state index in [1.165, 1.54) is 25.0 Å². The molecule has 22 nitrogen and oxygen atoms in total. The number of fused-ring (bicyclic) bond motifs is 2. The Hall–Kier alpha value is -3.72. The van der Waals surface area contributed by atoms with Crippen molar-refractivity contribution < 1.29 is 107 Å². The Labute approximate surface area is 552 Å². The first-order valence-corrected chi connectivity index (χ1v) is 35.7. The SMILES string of the molecule is CCCCCCCCCCCC(=O)O[C@H]1[C@H](O[C@@H]2[C@@H](O)[C@H]3OC(=O)CCCCCCCCCC(CCCCC)O[C@@H]4O[C@H](CO)[C@@H](O)[C@H](O)[C@H]4O[C@@H]3O[C@H]2C)O[C@@H](C)[C@H](O[C@@H]2O[C@@H](C)[C@H](OC(=O)CCCCCCCCC)[C@@H](O)[C@H]2OC(=O)/C=C/c2ccccc2)[C@H]1O. The Morgan fingerprint density at radius 2 is 0.978 bits per heavy atom. The fourth-order valence-corrected chi connectivity index (χ4v) is 13.0. The van der Waals surface area contributed by atoms with Crippen LogP contribution in [0.5, 0.6) is 0 Å². The second-order valence-corrected chi connectivity index (χ2v) is 26.3. The first kappa shape index (κ1) is 78.3. The van der Waals surface area contributed by atoms with E-state index in [4.69, 9.17) is 56.8 Å². The molecule has 0 radical (unpaired) electrons. The molecular weight excluding hydrogens is 1200 g/mol. The summed E-state index contributed by atoms with van der Waals surface area (Å²) in [5, 5.41) is 70.6. The van der Waals surface area contributed by atoms with Crippen LogP contribution in [0, 0.1) is 0 Å². The zero-order valence-electron chi connectivity index (χ0n) is 56.5. The summed E-state index contributed by atoms with van der Waals surface area (Å²) in [6, 6.07) is 8.98. The van der Waals surface area contributed by atoms with Gasteiger partial charge in [0.05, 0.1) is 31.0 Å². The van der Waals surface area contributed by atoms with Crippen LogP contribution in [-0.2, 0) is 76.0 Å². The number of benzene rings is 1. The first-order valence-electron chi connectivity index (χ1n) is 35.7. The molecule has 0 aliphatic carbocycles. The normalized spacial score (nSPS) is 34.3. The third kappa shape index (κ3) is 25.6. The minimum absolute atomic E-state index is 0.0157. The molecule has 0 amide bonds. The van der Waals surface area contributed by atoms with Gasteiger partial charge in [0.2, 0.25) is 0 Å². The highest BCUT2D eigenvalue weighted by Crippen LogP contribution is 2.38. The zero-order chi connectivity index (χ0) is 67.1. The van der Waals surface area contributed by atoms with Gasteiger partial charge in [0.15, 0.2) is 49.6 Å². The van der Waals surface area contributed by atoms with Gasteiger partial charge in [0.25, 0.3) is 0 Å². The van der Waals surface area contributed by atoms with Gasteiger partial charge in [-0.25, -0.2) is 4.79 Å². The van der Waals surface area contributed by atoms with E-state index in [2.05, 4.69) is 20.8 Å². The summed E-state index contributed by atoms with van der Waals surface area (Å²) >= 11 is 0. The Balaban J connectivity index is 1.26. The molecule has 93 heavy (non-hydrogen) atoms. The molecule has 22 heteroatoms. The predicted molar refractivity (Wildman–Crippen MR) is 343 cm³/mol. The summed E-state index contributed by atoms with van der Waals surface area (Å²) in [7, 11) is 0. The van der Waals surface area contributed by atoms with Gasteiger partial charge in [-0.3, -0.25) is 14.4 Å². The van der Waals surface area contributed by atoms with E-state index in [0.29, 0.717) is 37.7 Å². The Morgan fingerprint density at radius 1 is 0.495 bits per heavy atom. The molecule has 6 N–H and O–H groups in total. The number of carbonyl (C=O) groups is 4. The van der Waals surface area contributed by atoms with E-state index in [1.54, 1.807) is 45.0 Å². The van der Waals surface area contributed by atoms with Crippen LogP contribution in [0.2, 0.25) is 0 Å². The van der Waals surface area contributed by atoms with E-state index in [1.807, 2.05) is 6.07 Å². The average Bonchev–Trinajstić information content (AvgIpc) is 0.783. The van der Waals surface area contributed by atoms with Crippen molar-refractivity contribution in [2.24, 2.45) is 0 Å². The summed E-state index contributed by atoms with van der Waals surface area (Å²) in [6.45, 7) is 10.4. The fourth-order valence-electron chi connectivity index (χ4n) is 13.0. The van der Waals surface area contributed by atoms with Gasteiger partial charge < -0.3 is 87.5 Å².